The van der Waals surface area contributed by atoms with Gasteiger partial charge >= 0.3 is 0 Å². The van der Waals surface area contributed by atoms with Gasteiger partial charge in [-0.25, -0.2) is 0 Å². The molecule has 0 radical (unpaired) electrons. The third-order valence-electron chi connectivity index (χ3n) is 2.49. The fourth-order valence-corrected chi connectivity index (χ4v) is 1.76. The molecule has 1 rings (SSSR count). The van der Waals surface area contributed by atoms with Crippen LogP contribution in [-0.4, -0.2) is 11.2 Å². The van der Waals surface area contributed by atoms with Crippen LogP contribution < -0.4 is 0 Å². The van der Waals surface area contributed by atoms with Gasteiger partial charge in [-0.05, 0) is 25.8 Å². The van der Waals surface area contributed by atoms with Crippen LogP contribution in [0.3, 0.4) is 0 Å². The number of benzene rings is 1. The first-order chi connectivity index (χ1) is 6.15. The van der Waals surface area contributed by atoms with Crippen LogP contribution in [0.15, 0.2) is 24.3 Å². The molecule has 0 aromatic heterocycles. The molecule has 0 heterocycles. The van der Waals surface area contributed by atoms with Crippen molar-refractivity contribution in [3.63, 3.8) is 0 Å². The molecule has 1 N–H and O–H groups in total. The quantitative estimate of drug-likeness (QED) is 0.754. The van der Waals surface area contributed by atoms with E-state index in [0.29, 0.717) is 0 Å². The van der Waals surface area contributed by atoms with Gasteiger partial charge in [0.25, 0.3) is 0 Å². The van der Waals surface area contributed by atoms with E-state index in [1.165, 1.54) is 11.1 Å². The van der Waals surface area contributed by atoms with Crippen LogP contribution in [0.5, 0.6) is 0 Å². The minimum atomic E-state index is -0.258. The minimum Gasteiger partial charge on any atom is -0.393 e. The highest BCUT2D eigenvalue weighted by atomic mass is 16.3. The van der Waals surface area contributed by atoms with Crippen molar-refractivity contribution in [1.29, 1.82) is 0 Å². The number of hydrogen-bond donors (Lipinski definition) is 1. The summed E-state index contributed by atoms with van der Waals surface area (Å²) in [5.74, 6) is 0.278. The fraction of sp³-hybridized carbons (Fsp3) is 0.500. The topological polar surface area (TPSA) is 20.2 Å². The largest absolute Gasteiger partial charge is 0.393 e. The molecule has 0 aliphatic heterocycles. The maximum Gasteiger partial charge on any atom is 0.0580 e. The molecular formula is C12H18O. The third kappa shape index (κ3) is 2.56. The maximum absolute atomic E-state index is 9.56. The van der Waals surface area contributed by atoms with Crippen molar-refractivity contribution in [3.05, 3.63) is 35.4 Å². The van der Waals surface area contributed by atoms with Crippen molar-refractivity contribution >= 4 is 0 Å². The second-order valence-corrected chi connectivity index (χ2v) is 3.67. The molecule has 1 aromatic rings. The van der Waals surface area contributed by atoms with Gasteiger partial charge in [-0.1, -0.05) is 36.8 Å². The lowest BCUT2D eigenvalue weighted by Crippen LogP contribution is -2.13. The molecule has 13 heavy (non-hydrogen) atoms. The summed E-state index contributed by atoms with van der Waals surface area (Å²) in [6, 6.07) is 8.38. The van der Waals surface area contributed by atoms with Crippen molar-refractivity contribution in [1.82, 2.24) is 0 Å². The number of rotatable bonds is 3. The Morgan fingerprint density at radius 1 is 1.38 bits per heavy atom. The Labute approximate surface area is 80.4 Å². The predicted molar refractivity (Wildman–Crippen MR) is 55.9 cm³/mol. The number of hydrogen-bond acceptors (Lipinski definition) is 1. The van der Waals surface area contributed by atoms with Crippen molar-refractivity contribution in [2.24, 2.45) is 0 Å². The number of aliphatic hydroxyl groups is 1. The molecule has 0 aliphatic carbocycles. The molecule has 0 spiro atoms. The Balaban J connectivity index is 2.91. The predicted octanol–water partition coefficient (Wildman–Crippen LogP) is 2.87. The van der Waals surface area contributed by atoms with Gasteiger partial charge in [0.1, 0.15) is 0 Å². The van der Waals surface area contributed by atoms with Gasteiger partial charge in [-0.15, -0.1) is 0 Å². The van der Waals surface area contributed by atoms with E-state index < -0.39 is 0 Å². The fourth-order valence-electron chi connectivity index (χ4n) is 1.76. The summed E-state index contributed by atoms with van der Waals surface area (Å²) in [5.41, 5.74) is 2.51. The first-order valence-electron chi connectivity index (χ1n) is 4.89. The summed E-state index contributed by atoms with van der Waals surface area (Å²) < 4.78 is 0. The van der Waals surface area contributed by atoms with Crippen LogP contribution in [0.25, 0.3) is 0 Å². The molecular weight excluding hydrogens is 160 g/mol. The highest BCUT2D eigenvalue weighted by Crippen LogP contribution is 2.23. The average Bonchev–Trinajstić information content (AvgIpc) is 2.04. The lowest BCUT2D eigenvalue weighted by molar-refractivity contribution is 0.160. The highest BCUT2D eigenvalue weighted by molar-refractivity contribution is 5.26. The molecule has 72 valence electrons. The lowest BCUT2D eigenvalue weighted by Gasteiger charge is -2.18. The van der Waals surface area contributed by atoms with E-state index in [1.807, 2.05) is 6.92 Å². The van der Waals surface area contributed by atoms with Crippen molar-refractivity contribution < 1.29 is 5.11 Å². The van der Waals surface area contributed by atoms with Crippen LogP contribution in [-0.2, 0) is 0 Å². The SMILES string of the molecule is CCC(c1cccc(C)c1)C(C)O. The lowest BCUT2D eigenvalue weighted by atomic mass is 9.91. The Hall–Kier alpha value is -0.820. The summed E-state index contributed by atoms with van der Waals surface area (Å²) in [6.07, 6.45) is 0.730. The van der Waals surface area contributed by atoms with Gasteiger partial charge in [0, 0.05) is 5.92 Å². The van der Waals surface area contributed by atoms with Crippen LogP contribution >= 0.6 is 0 Å². The van der Waals surface area contributed by atoms with E-state index in [1.54, 1.807) is 0 Å². The molecule has 1 aromatic carbocycles. The van der Waals surface area contributed by atoms with Crippen LogP contribution in [0.4, 0.5) is 0 Å². The zero-order chi connectivity index (χ0) is 9.84. The molecule has 0 amide bonds. The number of aryl methyl sites for hydroxylation is 1. The smallest absolute Gasteiger partial charge is 0.0580 e. The van der Waals surface area contributed by atoms with Gasteiger partial charge in [0.15, 0.2) is 0 Å². The Morgan fingerprint density at radius 2 is 2.08 bits per heavy atom. The molecule has 2 atom stereocenters. The van der Waals surface area contributed by atoms with Gasteiger partial charge in [-0.2, -0.15) is 0 Å². The second kappa shape index (κ2) is 4.43. The zero-order valence-electron chi connectivity index (χ0n) is 8.62. The molecule has 0 saturated heterocycles. The van der Waals surface area contributed by atoms with Gasteiger partial charge in [-0.3, -0.25) is 0 Å². The molecule has 0 fully saturated rings. The highest BCUT2D eigenvalue weighted by Gasteiger charge is 2.14. The Bertz CT molecular complexity index is 266. The van der Waals surface area contributed by atoms with Gasteiger partial charge in [0.05, 0.1) is 6.10 Å². The monoisotopic (exact) mass is 178 g/mol. The van der Waals surface area contributed by atoms with E-state index in [0.717, 1.165) is 6.42 Å². The van der Waals surface area contributed by atoms with E-state index in [-0.39, 0.29) is 12.0 Å². The normalized spacial score (nSPS) is 15.4. The molecule has 0 bridgehead atoms. The van der Waals surface area contributed by atoms with Gasteiger partial charge < -0.3 is 5.11 Å². The first kappa shape index (κ1) is 10.3. The van der Waals surface area contributed by atoms with E-state index in [9.17, 15) is 5.11 Å². The molecule has 2 unspecified atom stereocenters. The van der Waals surface area contributed by atoms with Crippen molar-refractivity contribution in [2.75, 3.05) is 0 Å². The second-order valence-electron chi connectivity index (χ2n) is 3.67. The first-order valence-corrected chi connectivity index (χ1v) is 4.89. The van der Waals surface area contributed by atoms with Gasteiger partial charge in [0.2, 0.25) is 0 Å². The Kier molecular flexibility index (Phi) is 3.49. The Morgan fingerprint density at radius 3 is 2.54 bits per heavy atom. The van der Waals surface area contributed by atoms with Crippen LogP contribution in [0, 0.1) is 6.92 Å². The summed E-state index contributed by atoms with van der Waals surface area (Å²) >= 11 is 0. The molecule has 0 saturated carbocycles. The van der Waals surface area contributed by atoms with E-state index in [4.69, 9.17) is 0 Å². The van der Waals surface area contributed by atoms with E-state index >= 15 is 0 Å². The van der Waals surface area contributed by atoms with E-state index in [2.05, 4.69) is 38.1 Å². The van der Waals surface area contributed by atoms with Crippen LogP contribution in [0.1, 0.15) is 37.3 Å². The maximum atomic E-state index is 9.56. The van der Waals surface area contributed by atoms with Crippen LogP contribution in [0.2, 0.25) is 0 Å². The van der Waals surface area contributed by atoms with Crippen molar-refractivity contribution in [2.45, 2.75) is 39.2 Å². The van der Waals surface area contributed by atoms with Crippen molar-refractivity contribution in [3.8, 4) is 0 Å². The average molecular weight is 178 g/mol. The molecule has 0 aliphatic rings. The third-order valence-corrected chi connectivity index (χ3v) is 2.49. The molecule has 1 heteroatoms. The number of aliphatic hydroxyl groups excluding tert-OH is 1. The summed E-state index contributed by atoms with van der Waals surface area (Å²) in [6.45, 7) is 6.05. The minimum absolute atomic E-state index is 0.258. The molecule has 1 nitrogen and oxygen atoms in total. The summed E-state index contributed by atoms with van der Waals surface area (Å²) in [7, 11) is 0. The summed E-state index contributed by atoms with van der Waals surface area (Å²) in [5, 5.41) is 9.56. The summed E-state index contributed by atoms with van der Waals surface area (Å²) in [4.78, 5) is 0. The zero-order valence-corrected chi connectivity index (χ0v) is 8.62. The standard InChI is InChI=1S/C12H18O/c1-4-12(10(3)13)11-7-5-6-9(2)8-11/h5-8,10,12-13H,4H2,1-3H3.